The summed E-state index contributed by atoms with van der Waals surface area (Å²) in [6, 6.07) is 45.5. The maximum absolute atomic E-state index is 5.06. The summed E-state index contributed by atoms with van der Waals surface area (Å²) < 4.78 is 1.98. The normalized spacial score (nSPS) is 12.8. The van der Waals surface area contributed by atoms with Gasteiger partial charge in [0.25, 0.3) is 0 Å². The largest absolute Gasteiger partial charge is 0.338 e. The van der Waals surface area contributed by atoms with Gasteiger partial charge in [-0.1, -0.05) is 142 Å². The highest BCUT2D eigenvalue weighted by Gasteiger charge is 2.28. The molecule has 0 N–H and O–H groups in total. The highest BCUT2D eigenvalue weighted by molar-refractivity contribution is 6.96. The summed E-state index contributed by atoms with van der Waals surface area (Å²) in [5, 5.41) is 12.1. The number of benzene rings is 5. The van der Waals surface area contributed by atoms with E-state index in [0.29, 0.717) is 6.67 Å². The van der Waals surface area contributed by atoms with Crippen LogP contribution in [0, 0.1) is 20.8 Å². The second-order valence-corrected chi connectivity index (χ2v) is 12.4. The number of hydrogen-bond donors (Lipinski definition) is 0. The first-order valence-electron chi connectivity index (χ1n) is 15.9. The second-order valence-electron chi connectivity index (χ2n) is 12.4. The smallest absolute Gasteiger partial charge is 0.242 e. The molecule has 0 spiro atoms. The predicted octanol–water partition coefficient (Wildman–Crippen LogP) is 6.27. The lowest BCUT2D eigenvalue weighted by Crippen LogP contribution is -2.54. The van der Waals surface area contributed by atoms with Gasteiger partial charge in [-0.3, -0.25) is 4.68 Å². The van der Waals surface area contributed by atoms with Crippen LogP contribution in [0.15, 0.2) is 132 Å². The fraction of sp³-hybridized carbons (Fsp3) is 0.150. The number of hydrazone groups is 1. The molecule has 0 unspecified atom stereocenters. The Kier molecular flexibility index (Phi) is 7.79. The lowest BCUT2D eigenvalue weighted by Gasteiger charge is -2.23. The first-order chi connectivity index (χ1) is 22.4. The highest BCUT2D eigenvalue weighted by Crippen LogP contribution is 2.26. The van der Waals surface area contributed by atoms with Crippen LogP contribution in [0.2, 0.25) is 0 Å². The van der Waals surface area contributed by atoms with Crippen LogP contribution < -0.4 is 21.4 Å². The Morgan fingerprint density at radius 2 is 1.22 bits per heavy atom. The van der Waals surface area contributed by atoms with Crippen LogP contribution >= 0.6 is 0 Å². The first-order valence-corrected chi connectivity index (χ1v) is 15.9. The molecule has 0 aliphatic carbocycles. The van der Waals surface area contributed by atoms with Crippen LogP contribution in [0.1, 0.15) is 22.3 Å². The summed E-state index contributed by atoms with van der Waals surface area (Å²) in [5.74, 6) is 0.978. The minimum absolute atomic E-state index is 0.0377. The molecule has 1 aromatic heterocycles. The molecule has 5 nitrogen and oxygen atoms in total. The number of nitrogens with zero attached hydrogens (tertiary/aromatic N) is 5. The number of aryl methyl sites for hydroxylation is 4. The summed E-state index contributed by atoms with van der Waals surface area (Å²) in [5.41, 5.74) is 14.2. The lowest BCUT2D eigenvalue weighted by molar-refractivity contribution is 0.539. The number of rotatable bonds is 7. The van der Waals surface area contributed by atoms with E-state index in [1.54, 1.807) is 0 Å². The quantitative estimate of drug-likeness (QED) is 0.203. The third kappa shape index (κ3) is 5.63. The SMILES string of the molecule is Cc1cc(C)c(B(c2cccc(-c3cc(-c4ccccc4)n(C)n3)c2)c2cccc(N3CN(C)C(c4ccccc4)=N3)c2)c(C)c1. The van der Waals surface area contributed by atoms with Crippen molar-refractivity contribution in [1.82, 2.24) is 14.7 Å². The van der Waals surface area contributed by atoms with Gasteiger partial charge in [0.05, 0.1) is 17.1 Å². The number of amidine groups is 1. The van der Waals surface area contributed by atoms with Gasteiger partial charge in [0, 0.05) is 25.2 Å². The third-order valence-electron chi connectivity index (χ3n) is 8.95. The Balaban J connectivity index is 1.32. The fourth-order valence-electron chi connectivity index (χ4n) is 6.90. The van der Waals surface area contributed by atoms with Gasteiger partial charge in [-0.2, -0.15) is 10.2 Å². The van der Waals surface area contributed by atoms with E-state index in [-0.39, 0.29) is 6.71 Å². The van der Waals surface area contributed by atoms with Crippen molar-refractivity contribution in [3.05, 3.63) is 150 Å². The van der Waals surface area contributed by atoms with E-state index in [9.17, 15) is 0 Å². The van der Waals surface area contributed by atoms with Gasteiger partial charge < -0.3 is 4.90 Å². The molecule has 1 aliphatic heterocycles. The summed E-state index contributed by atoms with van der Waals surface area (Å²) >= 11 is 0. The Morgan fingerprint density at radius 3 is 1.91 bits per heavy atom. The Labute approximate surface area is 272 Å². The van der Waals surface area contributed by atoms with Crippen molar-refractivity contribution in [3.8, 4) is 22.5 Å². The average molecular weight is 600 g/mol. The predicted molar refractivity (Wildman–Crippen MR) is 194 cm³/mol. The van der Waals surface area contributed by atoms with E-state index in [1.165, 1.54) is 33.1 Å². The molecule has 0 radical (unpaired) electrons. The van der Waals surface area contributed by atoms with Crippen LogP contribution in [0.25, 0.3) is 22.5 Å². The highest BCUT2D eigenvalue weighted by atomic mass is 15.6. The van der Waals surface area contributed by atoms with Gasteiger partial charge >= 0.3 is 0 Å². The molecule has 0 amide bonds. The number of aromatic nitrogens is 2. The average Bonchev–Trinajstić information content (AvgIpc) is 3.66. The fourth-order valence-corrected chi connectivity index (χ4v) is 6.90. The van der Waals surface area contributed by atoms with Crippen LogP contribution in [0.3, 0.4) is 0 Å². The molecule has 0 saturated heterocycles. The van der Waals surface area contributed by atoms with Gasteiger partial charge in [-0.15, -0.1) is 0 Å². The van der Waals surface area contributed by atoms with Gasteiger partial charge in [0.1, 0.15) is 6.67 Å². The standard InChI is InChI=1S/C40H38BN5/c1-28-22-29(2)39(30(3)23-28)41(34-19-12-18-33(24-34)37-26-38(45(5)42-37)31-14-8-6-9-15-31)35-20-13-21-36(25-35)46-27-44(4)40(43-46)32-16-10-7-11-17-32/h6-26H,27H2,1-5H3. The zero-order chi connectivity index (χ0) is 31.8. The van der Waals surface area contributed by atoms with Crippen molar-refractivity contribution in [3.63, 3.8) is 0 Å². The van der Waals surface area contributed by atoms with Crippen LogP contribution in [0.4, 0.5) is 5.69 Å². The zero-order valence-corrected chi connectivity index (χ0v) is 27.1. The molecular weight excluding hydrogens is 561 g/mol. The van der Waals surface area contributed by atoms with Crippen LogP contribution in [0.5, 0.6) is 0 Å². The van der Waals surface area contributed by atoms with E-state index in [1.807, 2.05) is 23.9 Å². The summed E-state index contributed by atoms with van der Waals surface area (Å²) in [7, 11) is 4.12. The molecule has 0 saturated carbocycles. The molecule has 0 atom stereocenters. The molecule has 0 bridgehead atoms. The summed E-state index contributed by atoms with van der Waals surface area (Å²) in [6.07, 6.45) is 0. The van der Waals surface area contributed by atoms with Crippen molar-refractivity contribution < 1.29 is 0 Å². The molecule has 6 aromatic rings. The second kappa shape index (κ2) is 12.2. The van der Waals surface area contributed by atoms with E-state index in [4.69, 9.17) is 10.2 Å². The van der Waals surface area contributed by atoms with Crippen LogP contribution in [-0.2, 0) is 7.05 Å². The van der Waals surface area contributed by atoms with Gasteiger partial charge in [-0.25, -0.2) is 5.01 Å². The van der Waals surface area contributed by atoms with Crippen molar-refractivity contribution in [2.45, 2.75) is 20.8 Å². The van der Waals surface area contributed by atoms with E-state index in [2.05, 4.69) is 153 Å². The van der Waals surface area contributed by atoms with Crippen molar-refractivity contribution >= 4 is 34.6 Å². The Bertz CT molecular complexity index is 2020. The number of hydrogen-bond acceptors (Lipinski definition) is 4. The first kappa shape index (κ1) is 29.4. The molecule has 2 heterocycles. The monoisotopic (exact) mass is 599 g/mol. The maximum Gasteiger partial charge on any atom is 0.242 e. The number of anilines is 1. The minimum Gasteiger partial charge on any atom is -0.338 e. The van der Waals surface area contributed by atoms with Crippen molar-refractivity contribution in [1.29, 1.82) is 0 Å². The molecule has 46 heavy (non-hydrogen) atoms. The third-order valence-corrected chi connectivity index (χ3v) is 8.95. The van der Waals surface area contributed by atoms with Gasteiger partial charge in [0.15, 0.2) is 5.84 Å². The van der Waals surface area contributed by atoms with E-state index in [0.717, 1.165) is 39.6 Å². The molecule has 5 aromatic carbocycles. The molecule has 7 rings (SSSR count). The van der Waals surface area contributed by atoms with E-state index >= 15 is 0 Å². The van der Waals surface area contributed by atoms with Crippen molar-refractivity contribution in [2.75, 3.05) is 18.7 Å². The minimum atomic E-state index is 0.0377. The van der Waals surface area contributed by atoms with E-state index < -0.39 is 0 Å². The molecule has 6 heteroatoms. The van der Waals surface area contributed by atoms with Gasteiger partial charge in [-0.05, 0) is 44.5 Å². The molecule has 226 valence electrons. The summed E-state index contributed by atoms with van der Waals surface area (Å²) in [4.78, 5) is 2.20. The molecular formula is C40H38BN5. The maximum atomic E-state index is 5.06. The topological polar surface area (TPSA) is 36.7 Å². The van der Waals surface area contributed by atoms with Crippen LogP contribution in [-0.4, -0.2) is 40.9 Å². The van der Waals surface area contributed by atoms with Crippen molar-refractivity contribution in [2.24, 2.45) is 12.1 Å². The summed E-state index contributed by atoms with van der Waals surface area (Å²) in [6.45, 7) is 7.40. The molecule has 0 fully saturated rings. The van der Waals surface area contributed by atoms with Gasteiger partial charge in [0.2, 0.25) is 6.71 Å². The lowest BCUT2D eigenvalue weighted by atomic mass is 9.35. The Hall–Kier alpha value is -5.36. The molecule has 1 aliphatic rings. The zero-order valence-electron chi connectivity index (χ0n) is 27.1. The Morgan fingerprint density at radius 1 is 0.609 bits per heavy atom.